The lowest BCUT2D eigenvalue weighted by molar-refractivity contribution is 0.375. The van der Waals surface area contributed by atoms with Crippen LogP contribution in [0, 0.1) is 5.92 Å². The van der Waals surface area contributed by atoms with Gasteiger partial charge in [0.1, 0.15) is 5.25 Å². The molecule has 1 heterocycles. The van der Waals surface area contributed by atoms with Crippen LogP contribution < -0.4 is 10.0 Å². The number of piperidine rings is 1. The Labute approximate surface area is 80.0 Å². The lowest BCUT2D eigenvalue weighted by Crippen LogP contribution is -2.34. The SMILES string of the molecule is CC(C)[SH+]NCC1CCNCC1. The minimum absolute atomic E-state index is 0.756. The van der Waals surface area contributed by atoms with Crippen LogP contribution in [-0.2, 0) is 11.9 Å². The van der Waals surface area contributed by atoms with Crippen LogP contribution in [0.2, 0.25) is 0 Å². The van der Waals surface area contributed by atoms with E-state index < -0.39 is 0 Å². The van der Waals surface area contributed by atoms with Crippen LogP contribution in [0.5, 0.6) is 0 Å². The molecule has 12 heavy (non-hydrogen) atoms. The van der Waals surface area contributed by atoms with Crippen molar-refractivity contribution in [3.05, 3.63) is 0 Å². The molecule has 1 aliphatic heterocycles. The number of rotatable bonds is 4. The highest BCUT2D eigenvalue weighted by molar-refractivity contribution is 7.77. The first-order chi connectivity index (χ1) is 5.79. The predicted octanol–water partition coefficient (Wildman–Crippen LogP) is 0.714. The normalized spacial score (nSPS) is 20.2. The Morgan fingerprint density at radius 1 is 1.42 bits per heavy atom. The quantitative estimate of drug-likeness (QED) is 0.503. The lowest BCUT2D eigenvalue weighted by Gasteiger charge is -2.21. The first kappa shape index (κ1) is 10.4. The Kier molecular flexibility index (Phi) is 5.04. The van der Waals surface area contributed by atoms with Crippen LogP contribution in [0.4, 0.5) is 0 Å². The molecule has 3 heteroatoms. The molecule has 0 saturated carbocycles. The summed E-state index contributed by atoms with van der Waals surface area (Å²) >= 11 is 1.40. The second-order valence-electron chi connectivity index (χ2n) is 3.78. The van der Waals surface area contributed by atoms with Crippen molar-refractivity contribution in [3.63, 3.8) is 0 Å². The third kappa shape index (κ3) is 4.33. The van der Waals surface area contributed by atoms with E-state index in [1.807, 2.05) is 0 Å². The molecule has 0 atom stereocenters. The zero-order valence-electron chi connectivity index (χ0n) is 8.14. The van der Waals surface area contributed by atoms with Crippen LogP contribution in [0.3, 0.4) is 0 Å². The van der Waals surface area contributed by atoms with Crippen molar-refractivity contribution in [2.75, 3.05) is 19.6 Å². The summed E-state index contributed by atoms with van der Waals surface area (Å²) in [6.07, 6.45) is 2.70. The molecule has 0 amide bonds. The molecule has 2 nitrogen and oxygen atoms in total. The highest BCUT2D eigenvalue weighted by Crippen LogP contribution is 2.09. The fraction of sp³-hybridized carbons (Fsp3) is 1.00. The van der Waals surface area contributed by atoms with Gasteiger partial charge in [0.2, 0.25) is 0 Å². The van der Waals surface area contributed by atoms with Gasteiger partial charge in [-0.2, -0.15) is 0 Å². The fourth-order valence-electron chi connectivity index (χ4n) is 1.45. The average Bonchev–Trinajstić information content (AvgIpc) is 2.05. The molecule has 0 aliphatic carbocycles. The van der Waals surface area contributed by atoms with E-state index in [1.54, 1.807) is 0 Å². The van der Waals surface area contributed by atoms with Gasteiger partial charge >= 0.3 is 0 Å². The van der Waals surface area contributed by atoms with Crippen molar-refractivity contribution >= 4 is 11.9 Å². The van der Waals surface area contributed by atoms with E-state index in [-0.39, 0.29) is 0 Å². The number of hydrogen-bond acceptors (Lipinski definition) is 2. The van der Waals surface area contributed by atoms with Gasteiger partial charge in [-0.25, -0.2) is 0 Å². The maximum absolute atomic E-state index is 3.50. The van der Waals surface area contributed by atoms with Crippen LogP contribution in [0.1, 0.15) is 26.7 Å². The molecule has 0 aromatic carbocycles. The van der Waals surface area contributed by atoms with Crippen LogP contribution in [-0.4, -0.2) is 24.9 Å². The van der Waals surface area contributed by atoms with Crippen LogP contribution in [0.15, 0.2) is 0 Å². The Balaban J connectivity index is 1.98. The van der Waals surface area contributed by atoms with E-state index in [9.17, 15) is 0 Å². The summed E-state index contributed by atoms with van der Waals surface area (Å²) in [6.45, 7) is 8.13. The number of thiol groups is 1. The first-order valence-corrected chi connectivity index (χ1v) is 5.89. The molecule has 0 unspecified atom stereocenters. The molecule has 0 aromatic rings. The van der Waals surface area contributed by atoms with Crippen molar-refractivity contribution in [1.82, 2.24) is 10.0 Å². The lowest BCUT2D eigenvalue weighted by atomic mass is 9.99. The standard InChI is InChI=1S/C9H20N2S/c1-8(2)12-11-7-9-3-5-10-6-4-9/h8-11H,3-7H2,1-2H3/p+1. The van der Waals surface area contributed by atoms with Gasteiger partial charge in [0.15, 0.2) is 0 Å². The van der Waals surface area contributed by atoms with E-state index in [0.717, 1.165) is 11.2 Å². The molecular formula is C9H21N2S+. The molecule has 1 fully saturated rings. The second kappa shape index (κ2) is 5.84. The predicted molar refractivity (Wildman–Crippen MR) is 57.5 cm³/mol. The maximum Gasteiger partial charge on any atom is 0.129 e. The van der Waals surface area contributed by atoms with Gasteiger partial charge in [0, 0.05) is 6.54 Å². The molecule has 1 aliphatic rings. The summed E-state index contributed by atoms with van der Waals surface area (Å²) in [4.78, 5) is 0. The third-order valence-electron chi connectivity index (χ3n) is 2.19. The van der Waals surface area contributed by atoms with Crippen molar-refractivity contribution in [1.29, 1.82) is 0 Å². The van der Waals surface area contributed by atoms with Gasteiger partial charge < -0.3 is 5.32 Å². The van der Waals surface area contributed by atoms with Crippen molar-refractivity contribution < 1.29 is 0 Å². The van der Waals surface area contributed by atoms with Gasteiger partial charge in [0.25, 0.3) is 0 Å². The smallest absolute Gasteiger partial charge is 0.129 e. The summed E-state index contributed by atoms with van der Waals surface area (Å²) in [5.41, 5.74) is 0. The van der Waals surface area contributed by atoms with Gasteiger partial charge in [0.05, 0.1) is 11.9 Å². The molecule has 0 aromatic heterocycles. The zero-order valence-corrected chi connectivity index (χ0v) is 9.03. The van der Waals surface area contributed by atoms with Crippen LogP contribution in [0.25, 0.3) is 0 Å². The van der Waals surface area contributed by atoms with Gasteiger partial charge in [-0.1, -0.05) is 0 Å². The molecular weight excluding hydrogens is 168 g/mol. The average molecular weight is 189 g/mol. The summed E-state index contributed by atoms with van der Waals surface area (Å²) in [5, 5.41) is 4.14. The number of hydrogen-bond donors (Lipinski definition) is 2. The van der Waals surface area contributed by atoms with E-state index >= 15 is 0 Å². The Morgan fingerprint density at radius 2 is 2.08 bits per heavy atom. The highest BCUT2D eigenvalue weighted by Gasteiger charge is 2.14. The molecule has 1 rings (SSSR count). The van der Waals surface area contributed by atoms with Gasteiger partial charge in [-0.05, 0) is 45.7 Å². The Morgan fingerprint density at radius 3 is 2.67 bits per heavy atom. The summed E-state index contributed by atoms with van der Waals surface area (Å²) in [6, 6.07) is 0. The van der Waals surface area contributed by atoms with Crippen molar-refractivity contribution in [3.8, 4) is 0 Å². The summed E-state index contributed by atoms with van der Waals surface area (Å²) < 4.78 is 3.50. The van der Waals surface area contributed by atoms with Crippen molar-refractivity contribution in [2.45, 2.75) is 31.9 Å². The van der Waals surface area contributed by atoms with Gasteiger partial charge in [-0.15, -0.1) is 4.72 Å². The monoisotopic (exact) mass is 189 g/mol. The topological polar surface area (TPSA) is 24.1 Å². The van der Waals surface area contributed by atoms with E-state index in [0.29, 0.717) is 0 Å². The molecule has 0 radical (unpaired) electrons. The van der Waals surface area contributed by atoms with E-state index in [4.69, 9.17) is 0 Å². The number of nitrogens with one attached hydrogen (secondary N) is 2. The molecule has 0 bridgehead atoms. The minimum Gasteiger partial charge on any atom is -0.317 e. The first-order valence-electron chi connectivity index (χ1n) is 4.92. The third-order valence-corrected chi connectivity index (χ3v) is 3.07. The van der Waals surface area contributed by atoms with E-state index in [2.05, 4.69) is 23.9 Å². The van der Waals surface area contributed by atoms with Gasteiger partial charge in [-0.3, -0.25) is 0 Å². The molecule has 1 saturated heterocycles. The molecule has 0 spiro atoms. The highest BCUT2D eigenvalue weighted by atomic mass is 32.2. The van der Waals surface area contributed by atoms with Crippen molar-refractivity contribution in [2.24, 2.45) is 5.92 Å². The second-order valence-corrected chi connectivity index (χ2v) is 5.39. The molecule has 72 valence electrons. The van der Waals surface area contributed by atoms with E-state index in [1.165, 1.54) is 44.4 Å². The maximum atomic E-state index is 3.50. The largest absolute Gasteiger partial charge is 0.317 e. The summed E-state index contributed by atoms with van der Waals surface area (Å²) in [5.74, 6) is 0.914. The van der Waals surface area contributed by atoms with Crippen LogP contribution >= 0.6 is 0 Å². The fourth-order valence-corrected chi connectivity index (χ4v) is 2.18. The zero-order chi connectivity index (χ0) is 8.81. The molecule has 2 N–H and O–H groups in total. The Hall–Kier alpha value is 0.270. The Bertz CT molecular complexity index is 111. The summed E-state index contributed by atoms with van der Waals surface area (Å²) in [7, 11) is 0. The minimum atomic E-state index is 0.756.